The molecule has 25 heavy (non-hydrogen) atoms. The van der Waals surface area contributed by atoms with Crippen LogP contribution in [0.15, 0.2) is 12.4 Å². The number of ether oxygens (including phenoxy) is 1. The van der Waals surface area contributed by atoms with Crippen molar-refractivity contribution in [3.8, 4) is 5.75 Å². The van der Waals surface area contributed by atoms with Crippen molar-refractivity contribution >= 4 is 17.9 Å². The highest BCUT2D eigenvalue weighted by atomic mass is 16.5. The van der Waals surface area contributed by atoms with Gasteiger partial charge in [-0.3, -0.25) is 9.69 Å². The Balaban J connectivity index is 1.96. The topological polar surface area (TPSA) is 87.7 Å². The van der Waals surface area contributed by atoms with Gasteiger partial charge in [0.2, 0.25) is 11.9 Å². The molecule has 0 bridgehead atoms. The number of carbonyl (C=O) groups excluding carboxylic acids is 2. The molecule has 0 saturated carbocycles. The molecule has 1 aliphatic rings. The van der Waals surface area contributed by atoms with Gasteiger partial charge in [0.1, 0.15) is 0 Å². The molecule has 1 aliphatic heterocycles. The lowest BCUT2D eigenvalue weighted by atomic mass is 9.97. The van der Waals surface area contributed by atoms with Crippen LogP contribution in [0.1, 0.15) is 26.7 Å². The first-order valence-corrected chi connectivity index (χ1v) is 8.58. The van der Waals surface area contributed by atoms with Gasteiger partial charge in [-0.05, 0) is 18.8 Å². The first kappa shape index (κ1) is 19.0. The Kier molecular flexibility index (Phi) is 6.55. The van der Waals surface area contributed by atoms with E-state index in [0.717, 1.165) is 12.8 Å². The summed E-state index contributed by atoms with van der Waals surface area (Å²) in [5, 5.41) is 2.91. The molecule has 3 amide bonds. The number of anilines is 1. The van der Waals surface area contributed by atoms with Gasteiger partial charge in [0.05, 0.1) is 25.4 Å². The first-order valence-electron chi connectivity index (χ1n) is 8.58. The Morgan fingerprint density at radius 2 is 2.08 bits per heavy atom. The largest absolute Gasteiger partial charge is 0.494 e. The fraction of sp³-hybridized carbons (Fsp3) is 0.647. The number of hydrogen-bond acceptors (Lipinski definition) is 5. The van der Waals surface area contributed by atoms with E-state index in [4.69, 9.17) is 4.74 Å². The molecule has 1 unspecified atom stereocenters. The number of methoxy groups -OCH3 is 1. The number of aromatic nitrogens is 2. The molecule has 0 aliphatic carbocycles. The maximum absolute atomic E-state index is 12.7. The van der Waals surface area contributed by atoms with Gasteiger partial charge >= 0.3 is 6.03 Å². The van der Waals surface area contributed by atoms with Crippen LogP contribution in [0.2, 0.25) is 0 Å². The van der Waals surface area contributed by atoms with Gasteiger partial charge in [0.15, 0.2) is 5.75 Å². The van der Waals surface area contributed by atoms with Gasteiger partial charge in [-0.25, -0.2) is 14.8 Å². The minimum Gasteiger partial charge on any atom is -0.494 e. The van der Waals surface area contributed by atoms with Crippen molar-refractivity contribution in [2.75, 3.05) is 38.7 Å². The second-order valence-electron chi connectivity index (χ2n) is 6.69. The summed E-state index contributed by atoms with van der Waals surface area (Å²) < 4.78 is 5.03. The van der Waals surface area contributed by atoms with E-state index in [1.54, 1.807) is 11.9 Å². The van der Waals surface area contributed by atoms with Crippen molar-refractivity contribution in [3.05, 3.63) is 12.4 Å². The molecular formula is C17H27N5O3. The highest BCUT2D eigenvalue weighted by Crippen LogP contribution is 2.21. The number of nitrogens with zero attached hydrogens (tertiary/aromatic N) is 4. The number of likely N-dealkylation sites (tertiary alicyclic amines) is 1. The molecule has 0 radical (unpaired) electrons. The highest BCUT2D eigenvalue weighted by molar-refractivity contribution is 5.93. The van der Waals surface area contributed by atoms with Gasteiger partial charge in [-0.15, -0.1) is 0 Å². The smallest absolute Gasteiger partial charge is 0.317 e. The van der Waals surface area contributed by atoms with Crippen LogP contribution in [0.4, 0.5) is 10.7 Å². The third kappa shape index (κ3) is 5.04. The molecule has 1 aromatic rings. The van der Waals surface area contributed by atoms with Gasteiger partial charge in [0, 0.05) is 26.7 Å². The molecule has 1 atom stereocenters. The molecule has 1 aromatic heterocycles. The summed E-state index contributed by atoms with van der Waals surface area (Å²) in [6, 6.07) is -0.102. The molecule has 0 aromatic carbocycles. The van der Waals surface area contributed by atoms with Crippen molar-refractivity contribution in [2.45, 2.75) is 26.7 Å². The van der Waals surface area contributed by atoms with Gasteiger partial charge in [-0.2, -0.15) is 0 Å². The lowest BCUT2D eigenvalue weighted by Crippen LogP contribution is -2.49. The number of nitrogens with one attached hydrogen (secondary N) is 1. The number of rotatable bonds is 5. The number of carbonyl (C=O) groups is 2. The Labute approximate surface area is 148 Å². The van der Waals surface area contributed by atoms with E-state index in [1.807, 2.05) is 13.8 Å². The number of piperidine rings is 1. The van der Waals surface area contributed by atoms with Gasteiger partial charge in [0.25, 0.3) is 0 Å². The summed E-state index contributed by atoms with van der Waals surface area (Å²) in [5.74, 6) is 0.938. The van der Waals surface area contributed by atoms with Crippen LogP contribution in [0.3, 0.4) is 0 Å². The molecule has 2 heterocycles. The van der Waals surface area contributed by atoms with Crippen LogP contribution < -0.4 is 15.0 Å². The summed E-state index contributed by atoms with van der Waals surface area (Å²) in [6.07, 6.45) is 4.62. The van der Waals surface area contributed by atoms with E-state index < -0.39 is 0 Å². The standard InChI is InChI=1S/C17H27N5O3/c1-12(2)8-20-17(24)22-7-5-6-13(11-22)15(23)21(3)16-18-9-14(25-4)10-19-16/h9-10,12-13H,5-8,11H2,1-4H3,(H,20,24). The van der Waals surface area contributed by atoms with Crippen molar-refractivity contribution < 1.29 is 14.3 Å². The minimum absolute atomic E-state index is 0.0773. The molecule has 1 fully saturated rings. The summed E-state index contributed by atoms with van der Waals surface area (Å²) >= 11 is 0. The fourth-order valence-electron chi connectivity index (χ4n) is 2.73. The number of urea groups is 1. The van der Waals surface area contributed by atoms with E-state index in [1.165, 1.54) is 24.4 Å². The predicted molar refractivity (Wildman–Crippen MR) is 94.5 cm³/mol. The molecule has 1 saturated heterocycles. The number of hydrogen-bond donors (Lipinski definition) is 1. The molecule has 138 valence electrons. The third-order valence-corrected chi connectivity index (χ3v) is 4.20. The van der Waals surface area contributed by atoms with E-state index in [9.17, 15) is 9.59 Å². The zero-order valence-corrected chi connectivity index (χ0v) is 15.4. The SMILES string of the molecule is COc1cnc(N(C)C(=O)C2CCCN(C(=O)NCC(C)C)C2)nc1. The second-order valence-corrected chi connectivity index (χ2v) is 6.69. The maximum atomic E-state index is 12.7. The summed E-state index contributed by atoms with van der Waals surface area (Å²) in [6.45, 7) is 5.83. The van der Waals surface area contributed by atoms with Crippen LogP contribution in [0.25, 0.3) is 0 Å². The van der Waals surface area contributed by atoms with Crippen molar-refractivity contribution in [3.63, 3.8) is 0 Å². The van der Waals surface area contributed by atoms with Crippen LogP contribution in [0.5, 0.6) is 5.75 Å². The Morgan fingerprint density at radius 1 is 1.40 bits per heavy atom. The van der Waals surface area contributed by atoms with Crippen LogP contribution in [-0.4, -0.2) is 60.6 Å². The summed E-state index contributed by atoms with van der Waals surface area (Å²) in [4.78, 5) is 36.4. The van der Waals surface area contributed by atoms with E-state index in [-0.39, 0.29) is 17.9 Å². The Hall–Kier alpha value is -2.38. The van der Waals surface area contributed by atoms with E-state index in [2.05, 4.69) is 15.3 Å². The molecule has 2 rings (SSSR count). The van der Waals surface area contributed by atoms with Crippen molar-refractivity contribution in [1.82, 2.24) is 20.2 Å². The van der Waals surface area contributed by atoms with Gasteiger partial charge in [-0.1, -0.05) is 13.8 Å². The second kappa shape index (κ2) is 8.64. The predicted octanol–water partition coefficient (Wildman–Crippen LogP) is 1.53. The van der Waals surface area contributed by atoms with Gasteiger partial charge < -0.3 is 15.0 Å². The molecule has 8 heteroatoms. The lowest BCUT2D eigenvalue weighted by Gasteiger charge is -2.33. The van der Waals surface area contributed by atoms with E-state index >= 15 is 0 Å². The zero-order chi connectivity index (χ0) is 18.4. The Bertz CT molecular complexity index is 590. The molecule has 0 spiro atoms. The third-order valence-electron chi connectivity index (χ3n) is 4.20. The number of amides is 3. The van der Waals surface area contributed by atoms with Crippen molar-refractivity contribution in [1.29, 1.82) is 0 Å². The molecular weight excluding hydrogens is 322 g/mol. The molecule has 1 N–H and O–H groups in total. The van der Waals surface area contributed by atoms with Crippen LogP contribution in [0, 0.1) is 11.8 Å². The lowest BCUT2D eigenvalue weighted by molar-refractivity contribution is -0.123. The normalized spacial score (nSPS) is 17.3. The Morgan fingerprint density at radius 3 is 2.68 bits per heavy atom. The highest BCUT2D eigenvalue weighted by Gasteiger charge is 2.31. The van der Waals surface area contributed by atoms with Crippen molar-refractivity contribution in [2.24, 2.45) is 11.8 Å². The minimum atomic E-state index is -0.241. The van der Waals surface area contributed by atoms with Crippen LogP contribution >= 0.6 is 0 Å². The average Bonchev–Trinajstić information content (AvgIpc) is 2.65. The first-order chi connectivity index (χ1) is 11.9. The average molecular weight is 349 g/mol. The maximum Gasteiger partial charge on any atom is 0.317 e. The van der Waals surface area contributed by atoms with E-state index in [0.29, 0.717) is 37.3 Å². The van der Waals surface area contributed by atoms with Crippen LogP contribution in [-0.2, 0) is 4.79 Å². The monoisotopic (exact) mass is 349 g/mol. The summed E-state index contributed by atoms with van der Waals surface area (Å²) in [5.41, 5.74) is 0. The quantitative estimate of drug-likeness (QED) is 0.871. The summed E-state index contributed by atoms with van der Waals surface area (Å²) in [7, 11) is 3.19. The zero-order valence-electron chi connectivity index (χ0n) is 15.4. The molecule has 8 nitrogen and oxygen atoms in total. The fourth-order valence-corrected chi connectivity index (χ4v) is 2.73.